The Morgan fingerprint density at radius 3 is 2.75 bits per heavy atom. The van der Waals surface area contributed by atoms with Crippen LogP contribution < -0.4 is 19.7 Å². The predicted octanol–water partition coefficient (Wildman–Crippen LogP) is 1.50. The molecule has 2 heterocycles. The number of hydrogen-bond acceptors (Lipinski definition) is 7. The first-order valence-corrected chi connectivity index (χ1v) is 9.38. The molecule has 28 heavy (non-hydrogen) atoms. The van der Waals surface area contributed by atoms with Crippen LogP contribution in [0.3, 0.4) is 0 Å². The summed E-state index contributed by atoms with van der Waals surface area (Å²) in [6, 6.07) is 9.41. The number of para-hydroxylation sites is 1. The second kappa shape index (κ2) is 9.89. The van der Waals surface area contributed by atoms with Gasteiger partial charge < -0.3 is 24.4 Å². The van der Waals surface area contributed by atoms with Crippen molar-refractivity contribution in [3.63, 3.8) is 0 Å². The number of anilines is 1. The zero-order valence-electron chi connectivity index (χ0n) is 16.3. The molecule has 0 saturated carbocycles. The van der Waals surface area contributed by atoms with Crippen LogP contribution >= 0.6 is 0 Å². The van der Waals surface area contributed by atoms with Crippen LogP contribution in [0.2, 0.25) is 0 Å². The van der Waals surface area contributed by atoms with Crippen molar-refractivity contribution in [2.45, 2.75) is 13.8 Å². The Kier molecular flexibility index (Phi) is 7.02. The van der Waals surface area contributed by atoms with E-state index in [1.54, 1.807) is 0 Å². The van der Waals surface area contributed by atoms with Crippen molar-refractivity contribution in [1.82, 2.24) is 15.3 Å². The number of benzene rings is 1. The van der Waals surface area contributed by atoms with Gasteiger partial charge in [-0.3, -0.25) is 4.79 Å². The standard InChI is InChI=1S/C20H26N4O4/c1-15-5-3-4-6-17(15)28-14-19(25)21-7-10-27-20-13-18(22-16(2)23-20)24-8-11-26-12-9-24/h3-6,13H,7-12,14H2,1-2H3,(H,21,25). The van der Waals surface area contributed by atoms with Crippen molar-refractivity contribution in [2.24, 2.45) is 0 Å². The number of morpholine rings is 1. The van der Waals surface area contributed by atoms with Gasteiger partial charge in [0.2, 0.25) is 5.88 Å². The molecular formula is C20H26N4O4. The molecule has 1 aliphatic heterocycles. The van der Waals surface area contributed by atoms with Crippen LogP contribution in [0.1, 0.15) is 11.4 Å². The van der Waals surface area contributed by atoms with Gasteiger partial charge in [-0.2, -0.15) is 4.98 Å². The zero-order chi connectivity index (χ0) is 19.8. The molecule has 150 valence electrons. The molecule has 1 aromatic heterocycles. The highest BCUT2D eigenvalue weighted by molar-refractivity contribution is 5.77. The molecule has 1 saturated heterocycles. The van der Waals surface area contributed by atoms with Crippen LogP contribution in [-0.4, -0.2) is 61.9 Å². The van der Waals surface area contributed by atoms with Gasteiger partial charge in [-0.15, -0.1) is 0 Å². The number of aromatic nitrogens is 2. The van der Waals surface area contributed by atoms with E-state index >= 15 is 0 Å². The molecule has 0 aliphatic carbocycles. The number of ether oxygens (including phenoxy) is 3. The lowest BCUT2D eigenvalue weighted by Crippen LogP contribution is -2.37. The summed E-state index contributed by atoms with van der Waals surface area (Å²) in [4.78, 5) is 22.8. The van der Waals surface area contributed by atoms with E-state index in [1.165, 1.54) is 0 Å². The minimum atomic E-state index is -0.195. The van der Waals surface area contributed by atoms with Crippen molar-refractivity contribution < 1.29 is 19.0 Å². The van der Waals surface area contributed by atoms with Crippen LogP contribution in [0.4, 0.5) is 5.82 Å². The Bertz CT molecular complexity index is 794. The van der Waals surface area contributed by atoms with Crippen LogP contribution in [-0.2, 0) is 9.53 Å². The first kappa shape index (κ1) is 19.9. The Hall–Kier alpha value is -2.87. The number of carbonyl (C=O) groups is 1. The summed E-state index contributed by atoms with van der Waals surface area (Å²) >= 11 is 0. The minimum absolute atomic E-state index is 0.0291. The molecule has 1 N–H and O–H groups in total. The van der Waals surface area contributed by atoms with E-state index in [0.717, 1.165) is 24.5 Å². The zero-order valence-corrected chi connectivity index (χ0v) is 16.3. The molecule has 0 bridgehead atoms. The molecule has 1 aliphatic rings. The molecule has 0 atom stereocenters. The van der Waals surface area contributed by atoms with E-state index < -0.39 is 0 Å². The number of amides is 1. The van der Waals surface area contributed by atoms with E-state index in [-0.39, 0.29) is 12.5 Å². The molecule has 8 nitrogen and oxygen atoms in total. The largest absolute Gasteiger partial charge is 0.484 e. The highest BCUT2D eigenvalue weighted by Gasteiger charge is 2.14. The third-order valence-electron chi connectivity index (χ3n) is 4.26. The van der Waals surface area contributed by atoms with Gasteiger partial charge in [-0.05, 0) is 25.5 Å². The average Bonchev–Trinajstić information content (AvgIpc) is 2.71. The first-order chi connectivity index (χ1) is 13.6. The fourth-order valence-corrected chi connectivity index (χ4v) is 2.81. The quantitative estimate of drug-likeness (QED) is 0.688. The summed E-state index contributed by atoms with van der Waals surface area (Å²) < 4.78 is 16.6. The van der Waals surface area contributed by atoms with Crippen LogP contribution in [0.15, 0.2) is 30.3 Å². The van der Waals surface area contributed by atoms with Gasteiger partial charge in [0.1, 0.15) is 24.0 Å². The van der Waals surface area contributed by atoms with Gasteiger partial charge >= 0.3 is 0 Å². The Morgan fingerprint density at radius 1 is 1.18 bits per heavy atom. The van der Waals surface area contributed by atoms with Crippen molar-refractivity contribution >= 4 is 11.7 Å². The third-order valence-corrected chi connectivity index (χ3v) is 4.26. The van der Waals surface area contributed by atoms with Crippen molar-refractivity contribution in [3.8, 4) is 11.6 Å². The van der Waals surface area contributed by atoms with Gasteiger partial charge in [0.15, 0.2) is 6.61 Å². The fraction of sp³-hybridized carbons (Fsp3) is 0.450. The van der Waals surface area contributed by atoms with Crippen LogP contribution in [0.5, 0.6) is 11.6 Å². The number of aryl methyl sites for hydroxylation is 2. The summed E-state index contributed by atoms with van der Waals surface area (Å²) in [5.74, 6) is 2.50. The highest BCUT2D eigenvalue weighted by atomic mass is 16.5. The number of nitrogens with one attached hydrogen (secondary N) is 1. The van der Waals surface area contributed by atoms with Gasteiger partial charge in [-0.1, -0.05) is 18.2 Å². The molecule has 8 heteroatoms. The molecule has 1 aromatic carbocycles. The van der Waals surface area contributed by atoms with E-state index in [0.29, 0.717) is 43.8 Å². The summed E-state index contributed by atoms with van der Waals surface area (Å²) in [6.45, 7) is 7.41. The molecule has 0 spiro atoms. The topological polar surface area (TPSA) is 85.8 Å². The van der Waals surface area contributed by atoms with Crippen molar-refractivity contribution in [1.29, 1.82) is 0 Å². The summed E-state index contributed by atoms with van der Waals surface area (Å²) in [5.41, 5.74) is 0.994. The number of nitrogens with zero attached hydrogens (tertiary/aromatic N) is 3. The molecule has 1 amide bonds. The highest BCUT2D eigenvalue weighted by Crippen LogP contribution is 2.18. The molecule has 0 unspecified atom stereocenters. The van der Waals surface area contributed by atoms with Crippen LogP contribution in [0, 0.1) is 13.8 Å². The smallest absolute Gasteiger partial charge is 0.258 e. The second-order valence-corrected chi connectivity index (χ2v) is 6.46. The van der Waals surface area contributed by atoms with E-state index in [2.05, 4.69) is 20.2 Å². The van der Waals surface area contributed by atoms with Gasteiger partial charge in [0, 0.05) is 19.2 Å². The minimum Gasteiger partial charge on any atom is -0.484 e. The average molecular weight is 386 g/mol. The molecule has 2 aromatic rings. The maximum absolute atomic E-state index is 11.9. The van der Waals surface area contributed by atoms with Gasteiger partial charge in [0.25, 0.3) is 5.91 Å². The van der Waals surface area contributed by atoms with Gasteiger partial charge in [0.05, 0.1) is 19.8 Å². The maximum Gasteiger partial charge on any atom is 0.258 e. The Labute approximate surface area is 164 Å². The number of hydrogen-bond donors (Lipinski definition) is 1. The lowest BCUT2D eigenvalue weighted by atomic mass is 10.2. The maximum atomic E-state index is 11.9. The van der Waals surface area contributed by atoms with E-state index in [9.17, 15) is 4.79 Å². The first-order valence-electron chi connectivity index (χ1n) is 9.38. The number of carbonyl (C=O) groups excluding carboxylic acids is 1. The SMILES string of the molecule is Cc1nc(OCCNC(=O)COc2ccccc2C)cc(N2CCOCC2)n1. The van der Waals surface area contributed by atoms with E-state index in [1.807, 2.05) is 44.2 Å². The van der Waals surface area contributed by atoms with Crippen molar-refractivity contribution in [3.05, 3.63) is 41.7 Å². The van der Waals surface area contributed by atoms with Crippen molar-refractivity contribution in [2.75, 3.05) is 51.0 Å². The predicted molar refractivity (Wildman–Crippen MR) is 105 cm³/mol. The summed E-state index contributed by atoms with van der Waals surface area (Å²) in [7, 11) is 0. The molecule has 1 fully saturated rings. The van der Waals surface area contributed by atoms with E-state index in [4.69, 9.17) is 14.2 Å². The fourth-order valence-electron chi connectivity index (χ4n) is 2.81. The number of rotatable bonds is 8. The Morgan fingerprint density at radius 2 is 1.96 bits per heavy atom. The monoisotopic (exact) mass is 386 g/mol. The van der Waals surface area contributed by atoms with Gasteiger partial charge in [-0.25, -0.2) is 4.98 Å². The third kappa shape index (κ3) is 5.82. The lowest BCUT2D eigenvalue weighted by Gasteiger charge is -2.28. The molecule has 3 rings (SSSR count). The molecule has 0 radical (unpaired) electrons. The van der Waals surface area contributed by atoms with Crippen LogP contribution in [0.25, 0.3) is 0 Å². The lowest BCUT2D eigenvalue weighted by molar-refractivity contribution is -0.123. The summed E-state index contributed by atoms with van der Waals surface area (Å²) in [6.07, 6.45) is 0. The second-order valence-electron chi connectivity index (χ2n) is 6.46. The normalized spacial score (nSPS) is 13.9. The molecular weight excluding hydrogens is 360 g/mol. The Balaban J connectivity index is 1.41. The summed E-state index contributed by atoms with van der Waals surface area (Å²) in [5, 5.41) is 2.78.